The van der Waals surface area contributed by atoms with Gasteiger partial charge in [0.1, 0.15) is 11.6 Å². The second-order valence-corrected chi connectivity index (χ2v) is 6.09. The largest absolute Gasteiger partial charge is 0.314 e. The lowest BCUT2D eigenvalue weighted by molar-refractivity contribution is 0.148. The number of nitrogens with zero attached hydrogens (tertiary/aromatic N) is 4. The van der Waals surface area contributed by atoms with Crippen molar-refractivity contribution in [2.24, 2.45) is 0 Å². The first-order valence-electron chi connectivity index (χ1n) is 7.78. The van der Waals surface area contributed by atoms with Crippen molar-refractivity contribution in [3.63, 3.8) is 0 Å². The quantitative estimate of drug-likeness (QED) is 0.915. The van der Waals surface area contributed by atoms with Gasteiger partial charge in [-0.15, -0.1) is 22.6 Å². The second-order valence-electron chi connectivity index (χ2n) is 5.65. The molecule has 5 nitrogen and oxygen atoms in total. The summed E-state index contributed by atoms with van der Waals surface area (Å²) >= 11 is 6.16. The lowest BCUT2D eigenvalue weighted by atomic mass is 10.0. The van der Waals surface area contributed by atoms with Gasteiger partial charge in [-0.2, -0.15) is 0 Å². The fourth-order valence-corrected chi connectivity index (χ4v) is 3.31. The average Bonchev–Trinajstić information content (AvgIpc) is 2.88. The molecule has 1 aliphatic rings. The number of aryl methyl sites for hydroxylation is 1. The van der Waals surface area contributed by atoms with Crippen LogP contribution in [0.15, 0.2) is 24.3 Å². The monoisotopic (exact) mass is 355 g/mol. The highest BCUT2D eigenvalue weighted by atomic mass is 35.5. The fourth-order valence-electron chi connectivity index (χ4n) is 3.11. The minimum Gasteiger partial charge on any atom is -0.314 e. The Labute approximate surface area is 148 Å². The van der Waals surface area contributed by atoms with Crippen molar-refractivity contribution in [2.45, 2.75) is 33.0 Å². The molecule has 0 spiro atoms. The van der Waals surface area contributed by atoms with E-state index in [0.717, 1.165) is 49.4 Å². The predicted molar refractivity (Wildman–Crippen MR) is 95.2 cm³/mol. The molecular weight excluding hydrogens is 333 g/mol. The number of hydrogen-bond donors (Lipinski definition) is 1. The van der Waals surface area contributed by atoms with Gasteiger partial charge >= 0.3 is 0 Å². The molecule has 1 aromatic carbocycles. The SMILES string of the molecule is CCn1c(C)nnc1CN1CCNCC1c1cccc(Cl)c1.Cl. The molecule has 1 aromatic heterocycles. The molecule has 1 N–H and O–H groups in total. The summed E-state index contributed by atoms with van der Waals surface area (Å²) in [5.74, 6) is 2.01. The Hall–Kier alpha value is -1.14. The van der Waals surface area contributed by atoms with Crippen LogP contribution in [0.2, 0.25) is 5.02 Å². The zero-order valence-electron chi connectivity index (χ0n) is 13.5. The smallest absolute Gasteiger partial charge is 0.147 e. The van der Waals surface area contributed by atoms with Gasteiger partial charge < -0.3 is 9.88 Å². The number of hydrogen-bond acceptors (Lipinski definition) is 4. The maximum Gasteiger partial charge on any atom is 0.147 e. The molecule has 1 atom stereocenters. The van der Waals surface area contributed by atoms with Crippen molar-refractivity contribution in [2.75, 3.05) is 19.6 Å². The van der Waals surface area contributed by atoms with Crippen LogP contribution in [0, 0.1) is 6.92 Å². The van der Waals surface area contributed by atoms with Gasteiger partial charge in [0, 0.05) is 37.2 Å². The van der Waals surface area contributed by atoms with E-state index in [1.807, 2.05) is 19.1 Å². The summed E-state index contributed by atoms with van der Waals surface area (Å²) in [6, 6.07) is 8.45. The zero-order valence-corrected chi connectivity index (χ0v) is 15.1. The van der Waals surface area contributed by atoms with Crippen LogP contribution in [-0.2, 0) is 13.1 Å². The molecular formula is C16H23Cl2N5. The van der Waals surface area contributed by atoms with Gasteiger partial charge in [-0.3, -0.25) is 4.90 Å². The molecule has 1 fully saturated rings. The maximum atomic E-state index is 6.16. The number of piperazine rings is 1. The van der Waals surface area contributed by atoms with E-state index in [1.165, 1.54) is 5.56 Å². The van der Waals surface area contributed by atoms with Crippen molar-refractivity contribution in [3.8, 4) is 0 Å². The molecule has 23 heavy (non-hydrogen) atoms. The predicted octanol–water partition coefficient (Wildman–Crippen LogP) is 2.83. The second kappa shape index (κ2) is 8.11. The molecule has 3 rings (SSSR count). The summed E-state index contributed by atoms with van der Waals surface area (Å²) in [4.78, 5) is 2.46. The summed E-state index contributed by atoms with van der Waals surface area (Å²) < 4.78 is 2.18. The van der Waals surface area contributed by atoms with Crippen LogP contribution in [0.25, 0.3) is 0 Å². The van der Waals surface area contributed by atoms with E-state index in [4.69, 9.17) is 11.6 Å². The molecule has 1 aliphatic heterocycles. The lowest BCUT2D eigenvalue weighted by Gasteiger charge is -2.36. The third-order valence-electron chi connectivity index (χ3n) is 4.26. The Balaban J connectivity index is 0.00000192. The van der Waals surface area contributed by atoms with Crippen molar-refractivity contribution < 1.29 is 0 Å². The van der Waals surface area contributed by atoms with Crippen molar-refractivity contribution in [3.05, 3.63) is 46.5 Å². The lowest BCUT2D eigenvalue weighted by Crippen LogP contribution is -2.45. The van der Waals surface area contributed by atoms with Gasteiger partial charge in [0.15, 0.2) is 0 Å². The average molecular weight is 356 g/mol. The molecule has 0 saturated carbocycles. The van der Waals surface area contributed by atoms with Crippen LogP contribution in [0.3, 0.4) is 0 Å². The Morgan fingerprint density at radius 1 is 1.35 bits per heavy atom. The van der Waals surface area contributed by atoms with E-state index in [0.29, 0.717) is 6.04 Å². The maximum absolute atomic E-state index is 6.16. The standard InChI is InChI=1S/C16H22ClN5.ClH/c1-3-22-12(2)19-20-16(22)11-21-8-7-18-10-15(21)13-5-4-6-14(17)9-13;/h4-6,9,15,18H,3,7-8,10-11H2,1-2H3;1H. The van der Waals surface area contributed by atoms with Crippen LogP contribution >= 0.6 is 24.0 Å². The Kier molecular flexibility index (Phi) is 6.41. The van der Waals surface area contributed by atoms with Crippen LogP contribution < -0.4 is 5.32 Å². The molecule has 2 heterocycles. The minimum absolute atomic E-state index is 0. The third-order valence-corrected chi connectivity index (χ3v) is 4.50. The molecule has 126 valence electrons. The molecule has 0 radical (unpaired) electrons. The molecule has 1 saturated heterocycles. The first-order valence-corrected chi connectivity index (χ1v) is 8.15. The summed E-state index contributed by atoms with van der Waals surface area (Å²) in [5, 5.41) is 12.8. The number of benzene rings is 1. The Morgan fingerprint density at radius 3 is 2.91 bits per heavy atom. The van der Waals surface area contributed by atoms with Crippen molar-refractivity contribution in [1.82, 2.24) is 25.0 Å². The van der Waals surface area contributed by atoms with Crippen molar-refractivity contribution >= 4 is 24.0 Å². The van der Waals surface area contributed by atoms with Gasteiger partial charge in [-0.05, 0) is 31.5 Å². The van der Waals surface area contributed by atoms with Crippen molar-refractivity contribution in [1.29, 1.82) is 0 Å². The summed E-state index contributed by atoms with van der Waals surface area (Å²) in [5.41, 5.74) is 1.25. The third kappa shape index (κ3) is 4.04. The molecule has 0 aliphatic carbocycles. The van der Waals surface area contributed by atoms with Gasteiger partial charge in [-0.1, -0.05) is 23.7 Å². The number of halogens is 2. The Bertz CT molecular complexity index is 643. The van der Waals surface area contributed by atoms with Crippen LogP contribution in [0.4, 0.5) is 0 Å². The van der Waals surface area contributed by atoms with E-state index in [9.17, 15) is 0 Å². The van der Waals surface area contributed by atoms with E-state index >= 15 is 0 Å². The summed E-state index contributed by atoms with van der Waals surface area (Å²) in [6.07, 6.45) is 0. The molecule has 0 amide bonds. The normalized spacial score (nSPS) is 18.7. The fraction of sp³-hybridized carbons (Fsp3) is 0.500. The Morgan fingerprint density at radius 2 is 2.17 bits per heavy atom. The van der Waals surface area contributed by atoms with E-state index in [1.54, 1.807) is 0 Å². The topological polar surface area (TPSA) is 46.0 Å². The highest BCUT2D eigenvalue weighted by molar-refractivity contribution is 6.30. The highest BCUT2D eigenvalue weighted by Crippen LogP contribution is 2.26. The molecule has 1 unspecified atom stereocenters. The van der Waals surface area contributed by atoms with Gasteiger partial charge in [0.25, 0.3) is 0 Å². The van der Waals surface area contributed by atoms with Gasteiger partial charge in [0.2, 0.25) is 0 Å². The van der Waals surface area contributed by atoms with E-state index in [-0.39, 0.29) is 12.4 Å². The van der Waals surface area contributed by atoms with Gasteiger partial charge in [-0.25, -0.2) is 0 Å². The van der Waals surface area contributed by atoms with Crippen LogP contribution in [0.1, 0.15) is 30.2 Å². The number of nitrogens with one attached hydrogen (secondary N) is 1. The molecule has 7 heteroatoms. The number of aromatic nitrogens is 3. The van der Waals surface area contributed by atoms with Crippen LogP contribution in [0.5, 0.6) is 0 Å². The zero-order chi connectivity index (χ0) is 15.5. The summed E-state index contributed by atoms with van der Waals surface area (Å²) in [7, 11) is 0. The van der Waals surface area contributed by atoms with E-state index < -0.39 is 0 Å². The molecule has 0 bridgehead atoms. The van der Waals surface area contributed by atoms with E-state index in [2.05, 4.69) is 44.0 Å². The minimum atomic E-state index is 0. The first-order chi connectivity index (χ1) is 10.7. The first kappa shape index (κ1) is 18.2. The van der Waals surface area contributed by atoms with Crippen LogP contribution in [-0.4, -0.2) is 39.3 Å². The molecule has 2 aromatic rings. The van der Waals surface area contributed by atoms with Gasteiger partial charge in [0.05, 0.1) is 6.54 Å². The highest BCUT2D eigenvalue weighted by Gasteiger charge is 2.25. The summed E-state index contributed by atoms with van der Waals surface area (Å²) in [6.45, 7) is 8.77. The number of rotatable bonds is 4.